The molecule has 0 fully saturated rings. The Bertz CT molecular complexity index is 826. The standard InChI is InChI=1S/C25H35N3O3.ClH/c1-5-27(6-2)13-15-30-19-9-11-21-22-12-10-20(31-16-14-28(7-3)8-4)18-24(22)25(26-29)23(21)17-19;/h9-12,17-18,29H,5-8,13-16H2,1-4H3;1H/p-1. The van der Waals surface area contributed by atoms with Crippen LogP contribution in [0.1, 0.15) is 38.8 Å². The van der Waals surface area contributed by atoms with Crippen molar-refractivity contribution in [3.63, 3.8) is 0 Å². The highest BCUT2D eigenvalue weighted by atomic mass is 35.5. The van der Waals surface area contributed by atoms with E-state index in [2.05, 4.69) is 42.7 Å². The third kappa shape index (κ3) is 5.94. The van der Waals surface area contributed by atoms with E-state index in [1.54, 1.807) is 0 Å². The Kier molecular flexibility index (Phi) is 10.3. The number of hydrogen-bond donors (Lipinski definition) is 1. The molecule has 0 unspecified atom stereocenters. The molecule has 0 bridgehead atoms. The highest BCUT2D eigenvalue weighted by Crippen LogP contribution is 2.40. The number of fused-ring (bicyclic) bond motifs is 3. The summed E-state index contributed by atoms with van der Waals surface area (Å²) >= 11 is 0. The van der Waals surface area contributed by atoms with Gasteiger partial charge >= 0.3 is 0 Å². The van der Waals surface area contributed by atoms with Crippen LogP contribution < -0.4 is 21.9 Å². The number of rotatable bonds is 12. The first-order valence-corrected chi connectivity index (χ1v) is 11.4. The lowest BCUT2D eigenvalue weighted by Crippen LogP contribution is -3.00. The van der Waals surface area contributed by atoms with Crippen LogP contribution in [0.2, 0.25) is 0 Å². The van der Waals surface area contributed by atoms with Crippen LogP contribution >= 0.6 is 0 Å². The maximum Gasteiger partial charge on any atom is 0.120 e. The van der Waals surface area contributed by atoms with E-state index < -0.39 is 0 Å². The fraction of sp³-hybridized carbons (Fsp3) is 0.480. The zero-order valence-electron chi connectivity index (χ0n) is 19.6. The average molecular weight is 461 g/mol. The van der Waals surface area contributed by atoms with Crippen LogP contribution in [0.3, 0.4) is 0 Å². The molecule has 32 heavy (non-hydrogen) atoms. The summed E-state index contributed by atoms with van der Waals surface area (Å²) < 4.78 is 11.9. The first-order valence-electron chi connectivity index (χ1n) is 11.4. The van der Waals surface area contributed by atoms with Crippen molar-refractivity contribution in [2.45, 2.75) is 27.7 Å². The fourth-order valence-corrected chi connectivity index (χ4v) is 4.01. The van der Waals surface area contributed by atoms with E-state index in [0.717, 1.165) is 73.0 Å². The van der Waals surface area contributed by atoms with Crippen molar-refractivity contribution in [2.75, 3.05) is 52.5 Å². The molecule has 0 spiro atoms. The van der Waals surface area contributed by atoms with Gasteiger partial charge in [-0.05, 0) is 73.7 Å². The van der Waals surface area contributed by atoms with E-state index in [1.165, 1.54) is 0 Å². The van der Waals surface area contributed by atoms with Gasteiger partial charge in [-0.3, -0.25) is 0 Å². The molecule has 7 heteroatoms. The number of likely N-dealkylation sites (N-methyl/N-ethyl adjacent to an activating group) is 2. The fourth-order valence-electron chi connectivity index (χ4n) is 4.01. The van der Waals surface area contributed by atoms with Crippen LogP contribution in [0.5, 0.6) is 11.5 Å². The zero-order chi connectivity index (χ0) is 22.2. The summed E-state index contributed by atoms with van der Waals surface area (Å²) in [6.07, 6.45) is 0. The molecule has 0 heterocycles. The summed E-state index contributed by atoms with van der Waals surface area (Å²) in [5.74, 6) is 1.58. The van der Waals surface area contributed by atoms with Crippen LogP contribution in [0, 0.1) is 0 Å². The second-order valence-corrected chi connectivity index (χ2v) is 7.61. The number of nitrogens with zero attached hydrogens (tertiary/aromatic N) is 3. The van der Waals surface area contributed by atoms with Gasteiger partial charge in [0.1, 0.15) is 30.4 Å². The Morgan fingerprint density at radius 3 is 1.44 bits per heavy atom. The number of hydrogen-bond acceptors (Lipinski definition) is 6. The van der Waals surface area contributed by atoms with Crippen LogP contribution in [-0.4, -0.2) is 73.2 Å². The van der Waals surface area contributed by atoms with Gasteiger partial charge in [-0.15, -0.1) is 0 Å². The molecule has 0 saturated heterocycles. The molecule has 176 valence electrons. The van der Waals surface area contributed by atoms with Crippen LogP contribution in [0.15, 0.2) is 41.6 Å². The van der Waals surface area contributed by atoms with E-state index >= 15 is 0 Å². The summed E-state index contributed by atoms with van der Waals surface area (Å²) in [5.41, 5.74) is 4.44. The molecule has 0 saturated carbocycles. The minimum atomic E-state index is 0. The van der Waals surface area contributed by atoms with Gasteiger partial charge in [-0.2, -0.15) is 0 Å². The number of ether oxygens (including phenoxy) is 2. The molecule has 2 aromatic rings. The molecule has 1 aliphatic rings. The normalized spacial score (nSPS) is 11.9. The van der Waals surface area contributed by atoms with Crippen molar-refractivity contribution in [2.24, 2.45) is 5.16 Å². The van der Waals surface area contributed by atoms with E-state index in [0.29, 0.717) is 18.9 Å². The Morgan fingerprint density at radius 1 is 0.688 bits per heavy atom. The number of oxime groups is 1. The van der Waals surface area contributed by atoms with Gasteiger partial charge in [0.05, 0.1) is 0 Å². The molecule has 0 amide bonds. The number of halogens is 1. The predicted molar refractivity (Wildman–Crippen MR) is 126 cm³/mol. The van der Waals surface area contributed by atoms with Gasteiger partial charge in [-0.1, -0.05) is 32.9 Å². The van der Waals surface area contributed by atoms with Crippen molar-refractivity contribution in [1.82, 2.24) is 9.80 Å². The molecule has 1 aliphatic carbocycles. The third-order valence-corrected chi connectivity index (χ3v) is 6.02. The minimum absolute atomic E-state index is 0. The molecular formula is C25H35ClN3O3-. The monoisotopic (exact) mass is 460 g/mol. The lowest BCUT2D eigenvalue weighted by Gasteiger charge is -2.18. The van der Waals surface area contributed by atoms with Crippen molar-refractivity contribution < 1.29 is 27.1 Å². The van der Waals surface area contributed by atoms with E-state index in [9.17, 15) is 5.21 Å². The van der Waals surface area contributed by atoms with Crippen LogP contribution in [0.4, 0.5) is 0 Å². The van der Waals surface area contributed by atoms with Crippen molar-refractivity contribution in [3.05, 3.63) is 47.5 Å². The topological polar surface area (TPSA) is 57.5 Å². The Hall–Kier alpha value is -2.28. The van der Waals surface area contributed by atoms with E-state index in [-0.39, 0.29) is 12.4 Å². The molecule has 3 rings (SSSR count). The molecule has 6 nitrogen and oxygen atoms in total. The smallest absolute Gasteiger partial charge is 0.120 e. The molecular weight excluding hydrogens is 426 g/mol. The van der Waals surface area contributed by atoms with Crippen molar-refractivity contribution in [1.29, 1.82) is 0 Å². The Balaban J connectivity index is 0.00000363. The summed E-state index contributed by atoms with van der Waals surface area (Å²) in [7, 11) is 0. The Labute approximate surface area is 198 Å². The van der Waals surface area contributed by atoms with E-state index in [4.69, 9.17) is 9.47 Å². The second-order valence-electron chi connectivity index (χ2n) is 7.61. The summed E-state index contributed by atoms with van der Waals surface area (Å²) in [4.78, 5) is 4.65. The summed E-state index contributed by atoms with van der Waals surface area (Å²) in [5, 5.41) is 13.4. The largest absolute Gasteiger partial charge is 1.00 e. The average Bonchev–Trinajstić information content (AvgIpc) is 3.11. The highest BCUT2D eigenvalue weighted by Gasteiger charge is 2.26. The van der Waals surface area contributed by atoms with Gasteiger partial charge in [-0.25, -0.2) is 0 Å². The predicted octanol–water partition coefficient (Wildman–Crippen LogP) is 1.34. The van der Waals surface area contributed by atoms with Gasteiger partial charge < -0.3 is 36.9 Å². The minimum Gasteiger partial charge on any atom is -1.00 e. The molecule has 0 aromatic heterocycles. The van der Waals surface area contributed by atoms with Gasteiger partial charge in [0.15, 0.2) is 0 Å². The number of benzene rings is 2. The van der Waals surface area contributed by atoms with Gasteiger partial charge in [0, 0.05) is 24.2 Å². The maximum atomic E-state index is 9.76. The van der Waals surface area contributed by atoms with Crippen molar-refractivity contribution in [3.8, 4) is 22.6 Å². The molecule has 0 aliphatic heterocycles. The van der Waals surface area contributed by atoms with Gasteiger partial charge in [0.2, 0.25) is 0 Å². The first-order chi connectivity index (χ1) is 15.1. The second kappa shape index (κ2) is 12.7. The molecule has 0 atom stereocenters. The SMILES string of the molecule is CCN(CC)CCOc1ccc2c(c1)C(=NO)c1cc(OCCN(CC)CC)ccc1-2.[Cl-]. The molecule has 2 aromatic carbocycles. The van der Waals surface area contributed by atoms with Crippen LogP contribution in [0.25, 0.3) is 11.1 Å². The quantitative estimate of drug-likeness (QED) is 0.326. The lowest BCUT2D eigenvalue weighted by atomic mass is 10.1. The summed E-state index contributed by atoms with van der Waals surface area (Å²) in [6.45, 7) is 15.7. The van der Waals surface area contributed by atoms with E-state index in [1.807, 2.05) is 36.4 Å². The maximum absolute atomic E-state index is 9.76. The van der Waals surface area contributed by atoms with Gasteiger partial charge in [0.25, 0.3) is 0 Å². The van der Waals surface area contributed by atoms with Crippen molar-refractivity contribution >= 4 is 5.71 Å². The third-order valence-electron chi connectivity index (χ3n) is 6.02. The highest BCUT2D eigenvalue weighted by molar-refractivity contribution is 6.24. The molecule has 0 radical (unpaired) electrons. The zero-order valence-corrected chi connectivity index (χ0v) is 20.4. The van der Waals surface area contributed by atoms with Crippen LogP contribution in [-0.2, 0) is 0 Å². The lowest BCUT2D eigenvalue weighted by molar-refractivity contribution is -0.00000823. The summed E-state index contributed by atoms with van der Waals surface area (Å²) in [6, 6.07) is 12.0. The molecule has 1 N–H and O–H groups in total. The first kappa shape index (κ1) is 26.0. The Morgan fingerprint density at radius 2 is 1.09 bits per heavy atom.